The summed E-state index contributed by atoms with van der Waals surface area (Å²) in [5.74, 6) is 0. The van der Waals surface area contributed by atoms with Crippen molar-refractivity contribution in [2.75, 3.05) is 0 Å². The van der Waals surface area contributed by atoms with E-state index in [9.17, 15) is 0 Å². The zero-order valence-corrected chi connectivity index (χ0v) is 6.96. The van der Waals surface area contributed by atoms with Crippen molar-refractivity contribution in [3.63, 3.8) is 0 Å². The molecule has 0 fully saturated rings. The molecule has 0 aromatic heterocycles. The van der Waals surface area contributed by atoms with Crippen molar-refractivity contribution in [1.29, 1.82) is 0 Å². The van der Waals surface area contributed by atoms with Crippen LogP contribution in [0.25, 0.3) is 0 Å². The summed E-state index contributed by atoms with van der Waals surface area (Å²) in [5.41, 5.74) is 0. The Labute approximate surface area is 78.6 Å². The molecule has 3 nitrogen and oxygen atoms in total. The van der Waals surface area contributed by atoms with E-state index in [-0.39, 0.29) is 51.4 Å². The van der Waals surface area contributed by atoms with Gasteiger partial charge in [-0.05, 0) is 0 Å². The van der Waals surface area contributed by atoms with Crippen LogP contribution in [0.15, 0.2) is 0 Å². The minimum absolute atomic E-state index is 0. The van der Waals surface area contributed by atoms with Crippen molar-refractivity contribution < 1.29 is 56.3 Å². The average molecular weight is 113 g/mol. The molecule has 0 atom stereocenters. The Bertz CT molecular complexity index is 49.5. The molecule has 30 valence electrons. The van der Waals surface area contributed by atoms with Crippen molar-refractivity contribution in [2.24, 2.45) is 0 Å². The van der Waals surface area contributed by atoms with E-state index >= 15 is 0 Å². The van der Waals surface area contributed by atoms with E-state index < -0.39 is 4.90 Å². The Morgan fingerprint density at radius 3 is 1.67 bits per heavy atom. The van der Waals surface area contributed by atoms with Crippen molar-refractivity contribution >= 4 is 6.21 Å². The number of hydrogen-bond donors (Lipinski definition) is 0. The van der Waals surface area contributed by atoms with Crippen molar-refractivity contribution in [3.05, 3.63) is 10.4 Å². The fourth-order valence-corrected chi connectivity index (χ4v) is 0. The molecule has 0 aromatic rings. The molecule has 0 rings (SSSR count). The summed E-state index contributed by atoms with van der Waals surface area (Å²) in [4.78, 5) is -0.500. The Morgan fingerprint density at radius 1 is 1.50 bits per heavy atom. The molecule has 0 saturated carbocycles. The van der Waals surface area contributed by atoms with Gasteiger partial charge in [0.1, 0.15) is 0 Å². The summed E-state index contributed by atoms with van der Waals surface area (Å²) < 4.78 is 0. The molecule has 6 heavy (non-hydrogen) atoms. The third kappa shape index (κ3) is 8.86. The maximum Gasteiger partial charge on any atom is 1.00 e. The van der Waals surface area contributed by atoms with Gasteiger partial charge in [0.05, 0.1) is 0 Å². The summed E-state index contributed by atoms with van der Waals surface area (Å²) in [5, 5.41) is 18.2. The fraction of sp³-hybridized carbons (Fsp3) is 0.500. The van der Waals surface area contributed by atoms with Crippen LogP contribution in [0.3, 0.4) is 0 Å². The van der Waals surface area contributed by atoms with Gasteiger partial charge in [0, 0.05) is 6.92 Å². The molecule has 0 unspecified atom stereocenters. The van der Waals surface area contributed by atoms with Crippen molar-refractivity contribution in [3.8, 4) is 0 Å². The van der Waals surface area contributed by atoms with E-state index in [0.717, 1.165) is 6.21 Å². The van der Waals surface area contributed by atoms with Gasteiger partial charge in [0.2, 0.25) is 0 Å². The standard InChI is InChI=1S/C2H4NO2.K/c1-2-3(4)5;/h2H,1H3;/q-1;+1. The van der Waals surface area contributed by atoms with Gasteiger partial charge in [-0.25, -0.2) is 0 Å². The van der Waals surface area contributed by atoms with Crippen LogP contribution in [0.1, 0.15) is 6.92 Å². The van der Waals surface area contributed by atoms with Crippen LogP contribution in [-0.2, 0) is 0 Å². The minimum atomic E-state index is -0.500. The monoisotopic (exact) mass is 113 g/mol. The molecule has 0 heterocycles. The zero-order chi connectivity index (χ0) is 4.28. The Morgan fingerprint density at radius 2 is 1.67 bits per heavy atom. The molecule has 0 amide bonds. The summed E-state index contributed by atoms with van der Waals surface area (Å²) >= 11 is 0. The third-order valence-corrected chi connectivity index (χ3v) is 0.211. The molecular formula is C2H4KNO2. The smallest absolute Gasteiger partial charge is 0.613 e. The first-order valence-corrected chi connectivity index (χ1v) is 1.20. The molecule has 0 aliphatic carbocycles. The Kier molecular flexibility index (Phi) is 9.85. The first kappa shape index (κ1) is 10.0. The predicted octanol–water partition coefficient (Wildman–Crippen LogP) is -2.91. The quantitative estimate of drug-likeness (QED) is 0.146. The van der Waals surface area contributed by atoms with Gasteiger partial charge in [-0.3, -0.25) is 0 Å². The van der Waals surface area contributed by atoms with Gasteiger partial charge in [-0.2, -0.15) is 4.90 Å². The molecular weight excluding hydrogens is 109 g/mol. The SMILES string of the molecule is CC=[N+]([O-])[O-].[K+]. The van der Waals surface area contributed by atoms with Crippen molar-refractivity contribution in [1.82, 2.24) is 0 Å². The normalized spacial score (nSPS) is 5.50. The van der Waals surface area contributed by atoms with E-state index in [4.69, 9.17) is 10.4 Å². The van der Waals surface area contributed by atoms with Crippen LogP contribution >= 0.6 is 0 Å². The van der Waals surface area contributed by atoms with Gasteiger partial charge in [-0.1, -0.05) is 0 Å². The largest absolute Gasteiger partial charge is 1.00 e. The summed E-state index contributed by atoms with van der Waals surface area (Å²) in [7, 11) is 0. The summed E-state index contributed by atoms with van der Waals surface area (Å²) in [6, 6.07) is 0. The summed E-state index contributed by atoms with van der Waals surface area (Å²) in [6.45, 7) is 1.38. The number of rotatable bonds is 0. The van der Waals surface area contributed by atoms with Gasteiger partial charge in [0.15, 0.2) is 6.21 Å². The van der Waals surface area contributed by atoms with Crippen LogP contribution in [0.5, 0.6) is 0 Å². The van der Waals surface area contributed by atoms with Gasteiger partial charge < -0.3 is 10.4 Å². The van der Waals surface area contributed by atoms with Gasteiger partial charge in [-0.15, -0.1) is 0 Å². The van der Waals surface area contributed by atoms with Gasteiger partial charge in [0.25, 0.3) is 0 Å². The van der Waals surface area contributed by atoms with Gasteiger partial charge >= 0.3 is 51.4 Å². The predicted molar refractivity (Wildman–Crippen MR) is 18.7 cm³/mol. The fourth-order valence-electron chi connectivity index (χ4n) is 0. The van der Waals surface area contributed by atoms with Crippen LogP contribution in [-0.4, -0.2) is 11.1 Å². The van der Waals surface area contributed by atoms with E-state index in [1.165, 1.54) is 6.92 Å². The maximum atomic E-state index is 9.12. The summed E-state index contributed by atoms with van der Waals surface area (Å²) in [6.07, 6.45) is 0.889. The Hall–Kier alpha value is 0.906. The topological polar surface area (TPSA) is 49.1 Å². The van der Waals surface area contributed by atoms with E-state index in [1.807, 2.05) is 0 Å². The van der Waals surface area contributed by atoms with Crippen molar-refractivity contribution in [2.45, 2.75) is 6.92 Å². The molecule has 0 aliphatic heterocycles. The molecule has 0 spiro atoms. The molecule has 0 bridgehead atoms. The molecule has 0 aliphatic rings. The van der Waals surface area contributed by atoms with Crippen LogP contribution in [0.2, 0.25) is 0 Å². The second-order valence-corrected chi connectivity index (χ2v) is 0.544. The second kappa shape index (κ2) is 5.91. The van der Waals surface area contributed by atoms with E-state index in [2.05, 4.69) is 0 Å². The van der Waals surface area contributed by atoms with E-state index in [1.54, 1.807) is 0 Å². The van der Waals surface area contributed by atoms with Crippen LogP contribution < -0.4 is 51.4 Å². The average Bonchev–Trinajstić information content (AvgIpc) is 1.38. The molecule has 4 heteroatoms. The molecule has 0 radical (unpaired) electrons. The third-order valence-electron chi connectivity index (χ3n) is 0.211. The minimum Gasteiger partial charge on any atom is -0.613 e. The van der Waals surface area contributed by atoms with E-state index in [0.29, 0.717) is 0 Å². The zero-order valence-electron chi connectivity index (χ0n) is 3.84. The first-order chi connectivity index (χ1) is 2.27. The molecule has 0 N–H and O–H groups in total. The Balaban J connectivity index is 0. The first-order valence-electron chi connectivity index (χ1n) is 1.20. The second-order valence-electron chi connectivity index (χ2n) is 0.544. The maximum absolute atomic E-state index is 9.12. The van der Waals surface area contributed by atoms with Crippen LogP contribution in [0.4, 0.5) is 0 Å². The number of hydrogen-bond acceptors (Lipinski definition) is 2. The molecule has 0 saturated heterocycles. The number of nitrogens with zero attached hydrogens (tertiary/aromatic N) is 1. The van der Waals surface area contributed by atoms with Crippen LogP contribution in [0, 0.1) is 10.4 Å². The molecule has 0 aromatic carbocycles.